The summed E-state index contributed by atoms with van der Waals surface area (Å²) < 4.78 is 10.8. The van der Waals surface area contributed by atoms with Gasteiger partial charge >= 0.3 is 0 Å². The van der Waals surface area contributed by atoms with Crippen LogP contribution in [-0.4, -0.2) is 59.9 Å². The van der Waals surface area contributed by atoms with Gasteiger partial charge < -0.3 is 9.47 Å². The maximum atomic E-state index is 14.5. The molecule has 6 atom stereocenters. The third kappa shape index (κ3) is 3.90. The summed E-state index contributed by atoms with van der Waals surface area (Å²) in [7, 11) is 3.15. The van der Waals surface area contributed by atoms with Crippen molar-refractivity contribution in [3.63, 3.8) is 0 Å². The van der Waals surface area contributed by atoms with Crippen molar-refractivity contribution in [2.75, 3.05) is 24.0 Å². The van der Waals surface area contributed by atoms with Gasteiger partial charge in [-0.3, -0.25) is 19.2 Å². The van der Waals surface area contributed by atoms with Gasteiger partial charge in [0.2, 0.25) is 11.8 Å². The second-order valence-electron chi connectivity index (χ2n) is 11.8. The maximum Gasteiger partial charge on any atom is 0.253 e. The van der Waals surface area contributed by atoms with Crippen LogP contribution in [0.4, 0.5) is 11.4 Å². The summed E-state index contributed by atoms with van der Waals surface area (Å²) in [6, 6.07) is 29.1. The minimum atomic E-state index is -0.941. The third-order valence-electron chi connectivity index (χ3n) is 9.67. The third-order valence-corrected chi connectivity index (χ3v) is 9.67. The molecule has 230 valence electrons. The van der Waals surface area contributed by atoms with Crippen LogP contribution < -0.4 is 19.3 Å². The molecular formula is C36H30N4O6. The summed E-state index contributed by atoms with van der Waals surface area (Å²) in [5, 5.41) is 3.72. The van der Waals surface area contributed by atoms with Gasteiger partial charge in [-0.2, -0.15) is 0 Å². The topological polar surface area (TPSA) is 99.7 Å². The smallest absolute Gasteiger partial charge is 0.253 e. The number of anilines is 2. The van der Waals surface area contributed by atoms with Gasteiger partial charge in [-0.1, -0.05) is 60.7 Å². The van der Waals surface area contributed by atoms with Crippen molar-refractivity contribution < 1.29 is 28.7 Å². The largest absolute Gasteiger partial charge is 0.497 e. The van der Waals surface area contributed by atoms with Crippen LogP contribution in [0.3, 0.4) is 0 Å². The number of hydrazine groups is 1. The number of fused-ring (bicyclic) bond motifs is 5. The molecule has 46 heavy (non-hydrogen) atoms. The molecule has 0 radical (unpaired) electrons. The fraction of sp³-hybridized carbons (Fsp3) is 0.222. The number of nitrogens with zero attached hydrogens (tertiary/aromatic N) is 4. The molecule has 4 heterocycles. The predicted octanol–water partition coefficient (Wildman–Crippen LogP) is 4.15. The van der Waals surface area contributed by atoms with Crippen LogP contribution in [-0.2, 0) is 19.2 Å². The first-order chi connectivity index (χ1) is 22.4. The lowest BCUT2D eigenvalue weighted by atomic mass is 9.84. The summed E-state index contributed by atoms with van der Waals surface area (Å²) in [6.45, 7) is 0. The first kappa shape index (κ1) is 28.2. The van der Waals surface area contributed by atoms with E-state index in [1.165, 1.54) is 9.80 Å². The number of carbonyl (C=O) groups excluding carboxylic acids is 4. The van der Waals surface area contributed by atoms with Crippen molar-refractivity contribution >= 4 is 35.0 Å². The van der Waals surface area contributed by atoms with E-state index >= 15 is 0 Å². The van der Waals surface area contributed by atoms with E-state index in [2.05, 4.69) is 0 Å². The van der Waals surface area contributed by atoms with E-state index in [-0.39, 0.29) is 23.6 Å². The van der Waals surface area contributed by atoms with Gasteiger partial charge in [-0.15, -0.1) is 0 Å². The summed E-state index contributed by atoms with van der Waals surface area (Å²) in [5.41, 5.74) is 2.44. The van der Waals surface area contributed by atoms with Crippen molar-refractivity contribution in [1.82, 2.24) is 10.0 Å². The molecule has 4 saturated heterocycles. The van der Waals surface area contributed by atoms with Crippen LogP contribution in [0.25, 0.3) is 0 Å². The van der Waals surface area contributed by atoms with E-state index in [1.807, 2.05) is 46.4 Å². The minimum Gasteiger partial charge on any atom is -0.497 e. The van der Waals surface area contributed by atoms with Gasteiger partial charge in [-0.25, -0.2) is 19.8 Å². The zero-order valence-electron chi connectivity index (χ0n) is 25.1. The normalized spacial score (nSPS) is 27.3. The second-order valence-corrected chi connectivity index (χ2v) is 11.8. The number of carbonyl (C=O) groups is 4. The van der Waals surface area contributed by atoms with Crippen LogP contribution in [0.2, 0.25) is 0 Å². The molecule has 4 aliphatic rings. The Balaban J connectivity index is 1.33. The molecule has 0 spiro atoms. The maximum absolute atomic E-state index is 14.5. The average Bonchev–Trinajstić information content (AvgIpc) is 3.77. The summed E-state index contributed by atoms with van der Waals surface area (Å²) >= 11 is 0. The van der Waals surface area contributed by atoms with Gasteiger partial charge in [0.25, 0.3) is 11.8 Å². The number of para-hydroxylation sites is 2. The lowest BCUT2D eigenvalue weighted by molar-refractivity contribution is -0.136. The highest BCUT2D eigenvalue weighted by molar-refractivity contribution is 6.26. The Hall–Kier alpha value is -5.32. The number of benzene rings is 4. The highest BCUT2D eigenvalue weighted by Gasteiger charge is 2.73. The molecule has 8 rings (SSSR count). The highest BCUT2D eigenvalue weighted by atomic mass is 16.5. The van der Waals surface area contributed by atoms with Crippen molar-refractivity contribution in [3.8, 4) is 11.5 Å². The van der Waals surface area contributed by atoms with Crippen LogP contribution >= 0.6 is 0 Å². The van der Waals surface area contributed by atoms with Crippen LogP contribution in [0.5, 0.6) is 11.5 Å². The second kappa shape index (κ2) is 10.6. The first-order valence-electron chi connectivity index (χ1n) is 15.1. The van der Waals surface area contributed by atoms with Gasteiger partial charge in [0, 0.05) is 0 Å². The standard InChI is InChI=1S/C36H30N4O6/c1-45-25-17-13-21(14-18-25)29-27-31(35(43)37(33(27)41)23-9-5-3-6-10-23)40-30(22-15-19-26(46-2)20-16-22)28-32(39(29)40)36(44)38(34(28)42)24-11-7-4-8-12-24/h3-20,27-32H,1-2H3. The SMILES string of the molecule is COc1ccc(C2C3C(=O)N(c4ccccc4)C(=O)C3N3C(c4ccc(OC)cc4)C4C(=O)N(c5ccccc5)C(=O)C4N23)cc1. The molecule has 4 aliphatic heterocycles. The monoisotopic (exact) mass is 614 g/mol. The summed E-state index contributed by atoms with van der Waals surface area (Å²) in [4.78, 5) is 60.3. The lowest BCUT2D eigenvalue weighted by Gasteiger charge is -2.35. The van der Waals surface area contributed by atoms with E-state index in [4.69, 9.17) is 9.47 Å². The molecule has 6 unspecified atom stereocenters. The Bertz CT molecular complexity index is 1710. The van der Waals surface area contributed by atoms with Crippen LogP contribution in [0.15, 0.2) is 109 Å². The van der Waals surface area contributed by atoms with Gasteiger partial charge in [-0.05, 0) is 59.7 Å². The van der Waals surface area contributed by atoms with E-state index in [1.54, 1.807) is 87.0 Å². The fourth-order valence-corrected chi connectivity index (χ4v) is 7.76. The quantitative estimate of drug-likeness (QED) is 0.299. The number of hydrogen-bond donors (Lipinski definition) is 0. The molecule has 0 saturated carbocycles. The zero-order chi connectivity index (χ0) is 31.7. The number of imide groups is 2. The number of hydrogen-bond acceptors (Lipinski definition) is 8. The van der Waals surface area contributed by atoms with Gasteiger partial charge in [0.1, 0.15) is 23.6 Å². The number of methoxy groups -OCH3 is 2. The number of rotatable bonds is 6. The molecule has 10 nitrogen and oxygen atoms in total. The minimum absolute atomic E-state index is 0.349. The molecule has 0 bridgehead atoms. The average molecular weight is 615 g/mol. The molecule has 4 aromatic carbocycles. The fourth-order valence-electron chi connectivity index (χ4n) is 7.76. The Morgan fingerprint density at radius 2 is 0.783 bits per heavy atom. The summed E-state index contributed by atoms with van der Waals surface area (Å²) in [6.07, 6.45) is 0. The first-order valence-corrected chi connectivity index (χ1v) is 15.1. The zero-order valence-corrected chi connectivity index (χ0v) is 25.1. The van der Waals surface area contributed by atoms with Crippen molar-refractivity contribution in [2.24, 2.45) is 11.8 Å². The van der Waals surface area contributed by atoms with Crippen LogP contribution in [0.1, 0.15) is 23.2 Å². The van der Waals surface area contributed by atoms with Crippen molar-refractivity contribution in [3.05, 3.63) is 120 Å². The van der Waals surface area contributed by atoms with Crippen molar-refractivity contribution in [2.45, 2.75) is 24.2 Å². The molecule has 0 aliphatic carbocycles. The van der Waals surface area contributed by atoms with Gasteiger partial charge in [0.15, 0.2) is 0 Å². The Labute approximate surface area is 265 Å². The predicted molar refractivity (Wildman–Crippen MR) is 168 cm³/mol. The van der Waals surface area contributed by atoms with E-state index < -0.39 is 36.0 Å². The molecule has 4 fully saturated rings. The molecule has 10 heteroatoms. The van der Waals surface area contributed by atoms with E-state index in [9.17, 15) is 19.2 Å². The highest BCUT2D eigenvalue weighted by Crippen LogP contribution is 2.59. The molecular weight excluding hydrogens is 584 g/mol. The summed E-state index contributed by atoms with van der Waals surface area (Å²) in [5.74, 6) is -1.88. The Kier molecular flexibility index (Phi) is 6.52. The van der Waals surface area contributed by atoms with Crippen molar-refractivity contribution in [1.29, 1.82) is 0 Å². The Morgan fingerprint density at radius 1 is 0.435 bits per heavy atom. The molecule has 4 amide bonds. The molecule has 0 aromatic heterocycles. The molecule has 0 N–H and O–H groups in total. The number of ether oxygens (including phenoxy) is 2. The lowest BCUT2D eigenvalue weighted by Crippen LogP contribution is -2.50. The van der Waals surface area contributed by atoms with Gasteiger partial charge in [0.05, 0.1) is 49.5 Å². The van der Waals surface area contributed by atoms with E-state index in [0.29, 0.717) is 22.9 Å². The molecule has 4 aromatic rings. The van der Waals surface area contributed by atoms with E-state index in [0.717, 1.165) is 11.1 Å². The Morgan fingerprint density at radius 3 is 1.11 bits per heavy atom. The van der Waals surface area contributed by atoms with Crippen LogP contribution in [0, 0.1) is 11.8 Å². The number of amides is 4.